The normalized spacial score (nSPS) is 18.5. The lowest BCUT2D eigenvalue weighted by molar-refractivity contribution is -0.122. The minimum absolute atomic E-state index is 0.0162. The fourth-order valence-electron chi connectivity index (χ4n) is 3.43. The molecule has 30 heavy (non-hydrogen) atoms. The molecule has 2 heterocycles. The van der Waals surface area contributed by atoms with Crippen molar-refractivity contribution in [2.75, 3.05) is 0 Å². The van der Waals surface area contributed by atoms with Crippen molar-refractivity contribution < 1.29 is 13.6 Å². The number of carbonyl (C=O) groups is 1. The molecule has 0 bridgehead atoms. The number of hydrogen-bond donors (Lipinski definition) is 1. The van der Waals surface area contributed by atoms with Gasteiger partial charge < -0.3 is 5.73 Å². The van der Waals surface area contributed by atoms with Crippen LogP contribution in [0.25, 0.3) is 4.91 Å². The number of nitrogens with two attached hydrogens (primary N) is 1. The zero-order valence-corrected chi connectivity index (χ0v) is 16.1. The molecule has 0 fully saturated rings. The molecule has 2 N–H and O–H groups in total. The largest absolute Gasteiger partial charge is 0.384 e. The van der Waals surface area contributed by atoms with Gasteiger partial charge in [0.2, 0.25) is 0 Å². The number of halogens is 2. The van der Waals surface area contributed by atoms with E-state index < -0.39 is 23.5 Å². The second-order valence-corrected chi connectivity index (χ2v) is 7.55. The van der Waals surface area contributed by atoms with Gasteiger partial charge in [0.15, 0.2) is 0 Å². The SMILES string of the molecule is N#CC1=C(N)N2C(=O)C=C(c3cccc(F)c3)SC2=C(C#N)C1c1cccc(F)c1. The molecule has 8 heteroatoms. The maximum atomic E-state index is 13.9. The van der Waals surface area contributed by atoms with E-state index in [2.05, 4.69) is 6.07 Å². The van der Waals surface area contributed by atoms with Crippen molar-refractivity contribution in [3.05, 3.63) is 99.4 Å². The zero-order chi connectivity index (χ0) is 21.4. The third-order valence-electron chi connectivity index (χ3n) is 4.74. The number of nitrogens with zero attached hydrogens (tertiary/aromatic N) is 3. The molecule has 0 aromatic heterocycles. The van der Waals surface area contributed by atoms with Gasteiger partial charge in [0, 0.05) is 11.0 Å². The number of benzene rings is 2. The maximum Gasteiger partial charge on any atom is 0.258 e. The van der Waals surface area contributed by atoms with E-state index in [-0.39, 0.29) is 22.0 Å². The van der Waals surface area contributed by atoms with E-state index in [0.717, 1.165) is 16.7 Å². The third kappa shape index (κ3) is 3.14. The molecule has 0 aliphatic carbocycles. The van der Waals surface area contributed by atoms with Crippen LogP contribution in [0.1, 0.15) is 17.0 Å². The fraction of sp³-hybridized carbons (Fsp3) is 0.0455. The molecule has 2 aromatic carbocycles. The summed E-state index contributed by atoms with van der Waals surface area (Å²) in [6.07, 6.45) is 1.28. The van der Waals surface area contributed by atoms with Crippen LogP contribution in [0.4, 0.5) is 8.78 Å². The average Bonchev–Trinajstić information content (AvgIpc) is 2.73. The zero-order valence-electron chi connectivity index (χ0n) is 15.3. The lowest BCUT2D eigenvalue weighted by Crippen LogP contribution is -2.39. The van der Waals surface area contributed by atoms with Crippen LogP contribution in [0, 0.1) is 34.3 Å². The van der Waals surface area contributed by atoms with Crippen molar-refractivity contribution in [3.8, 4) is 12.1 Å². The van der Waals surface area contributed by atoms with E-state index in [9.17, 15) is 24.1 Å². The monoisotopic (exact) mass is 418 g/mol. The summed E-state index contributed by atoms with van der Waals surface area (Å²) in [7, 11) is 0. The van der Waals surface area contributed by atoms with Gasteiger partial charge in [-0.15, -0.1) is 0 Å². The summed E-state index contributed by atoms with van der Waals surface area (Å²) < 4.78 is 27.5. The lowest BCUT2D eigenvalue weighted by atomic mass is 9.83. The second-order valence-electron chi connectivity index (χ2n) is 6.52. The van der Waals surface area contributed by atoms with Crippen molar-refractivity contribution in [2.45, 2.75) is 5.92 Å². The Balaban J connectivity index is 1.92. The summed E-state index contributed by atoms with van der Waals surface area (Å²) in [5, 5.41) is 19.8. The first-order valence-electron chi connectivity index (χ1n) is 8.73. The van der Waals surface area contributed by atoms with Crippen molar-refractivity contribution in [1.29, 1.82) is 10.5 Å². The number of amides is 1. The van der Waals surface area contributed by atoms with Crippen molar-refractivity contribution in [2.24, 2.45) is 5.73 Å². The molecular weight excluding hydrogens is 406 g/mol. The minimum atomic E-state index is -0.922. The Hall–Kier alpha value is -3.88. The van der Waals surface area contributed by atoms with Gasteiger partial charge in [0.25, 0.3) is 5.91 Å². The van der Waals surface area contributed by atoms with Crippen LogP contribution in [-0.4, -0.2) is 10.8 Å². The van der Waals surface area contributed by atoms with Gasteiger partial charge in [-0.05, 0) is 35.4 Å². The molecular formula is C22H12F2N4OS. The van der Waals surface area contributed by atoms with Crippen molar-refractivity contribution in [3.63, 3.8) is 0 Å². The van der Waals surface area contributed by atoms with Gasteiger partial charge in [-0.3, -0.25) is 9.69 Å². The number of allylic oxidation sites excluding steroid dienone is 2. The Morgan fingerprint density at radius 3 is 2.30 bits per heavy atom. The number of rotatable bonds is 2. The van der Waals surface area contributed by atoms with Crippen LogP contribution in [0.15, 0.2) is 76.6 Å². The van der Waals surface area contributed by atoms with E-state index in [0.29, 0.717) is 16.0 Å². The van der Waals surface area contributed by atoms with Gasteiger partial charge in [-0.2, -0.15) is 10.5 Å². The Morgan fingerprint density at radius 1 is 1.00 bits per heavy atom. The highest BCUT2D eigenvalue weighted by Crippen LogP contribution is 2.49. The highest BCUT2D eigenvalue weighted by molar-refractivity contribution is 8.11. The molecule has 0 spiro atoms. The van der Waals surface area contributed by atoms with Crippen LogP contribution >= 0.6 is 11.8 Å². The van der Waals surface area contributed by atoms with E-state index >= 15 is 0 Å². The van der Waals surface area contributed by atoms with Crippen LogP contribution in [0.5, 0.6) is 0 Å². The first kappa shape index (κ1) is 19.4. The van der Waals surface area contributed by atoms with Crippen molar-refractivity contribution in [1.82, 2.24) is 4.90 Å². The van der Waals surface area contributed by atoms with E-state index in [1.807, 2.05) is 6.07 Å². The van der Waals surface area contributed by atoms with Gasteiger partial charge in [-0.1, -0.05) is 36.0 Å². The van der Waals surface area contributed by atoms with Crippen LogP contribution in [0.3, 0.4) is 0 Å². The highest BCUT2D eigenvalue weighted by Gasteiger charge is 2.40. The number of thioether (sulfide) groups is 1. The van der Waals surface area contributed by atoms with Gasteiger partial charge >= 0.3 is 0 Å². The molecule has 5 nitrogen and oxygen atoms in total. The third-order valence-corrected chi connectivity index (χ3v) is 5.91. The number of carbonyl (C=O) groups excluding carboxylic acids is 1. The Labute approximate surface area is 175 Å². The van der Waals surface area contributed by atoms with E-state index in [4.69, 9.17) is 5.73 Å². The molecule has 146 valence electrons. The quantitative estimate of drug-likeness (QED) is 0.792. The second kappa shape index (κ2) is 7.51. The first-order valence-corrected chi connectivity index (χ1v) is 9.55. The maximum absolute atomic E-state index is 13.9. The Bertz CT molecular complexity index is 1270. The van der Waals surface area contributed by atoms with Gasteiger partial charge in [0.1, 0.15) is 22.5 Å². The van der Waals surface area contributed by atoms with E-state index in [1.54, 1.807) is 12.1 Å². The fourth-order valence-corrected chi connectivity index (χ4v) is 4.60. The molecule has 0 saturated carbocycles. The standard InChI is InChI=1S/C22H12F2N4OS/c23-14-5-1-3-12(7-14)18-9-19(29)28-21(27)16(10-25)20(17(11-26)22(28)30-18)13-4-2-6-15(24)8-13/h1-9,20H,27H2. The number of hydrogen-bond acceptors (Lipinski definition) is 5. The predicted molar refractivity (Wildman–Crippen MR) is 107 cm³/mol. The lowest BCUT2D eigenvalue weighted by Gasteiger charge is -2.36. The summed E-state index contributed by atoms with van der Waals surface area (Å²) >= 11 is 1.07. The first-order chi connectivity index (χ1) is 14.4. The highest BCUT2D eigenvalue weighted by atomic mass is 32.2. The van der Waals surface area contributed by atoms with Crippen molar-refractivity contribution >= 4 is 22.6 Å². The van der Waals surface area contributed by atoms with Crippen LogP contribution in [0.2, 0.25) is 0 Å². The summed E-state index contributed by atoms with van der Waals surface area (Å²) in [6.45, 7) is 0. The molecule has 2 aliphatic heterocycles. The predicted octanol–water partition coefficient (Wildman–Crippen LogP) is 4.11. The molecule has 2 aromatic rings. The summed E-state index contributed by atoms with van der Waals surface area (Å²) in [5.41, 5.74) is 7.06. The molecule has 4 rings (SSSR count). The molecule has 0 saturated heterocycles. The molecule has 1 amide bonds. The molecule has 1 atom stereocenters. The Morgan fingerprint density at radius 2 is 1.67 bits per heavy atom. The summed E-state index contributed by atoms with van der Waals surface area (Å²) in [6, 6.07) is 15.3. The number of fused-ring (bicyclic) bond motifs is 1. The minimum Gasteiger partial charge on any atom is -0.384 e. The van der Waals surface area contributed by atoms with Gasteiger partial charge in [-0.25, -0.2) is 8.78 Å². The molecule has 1 unspecified atom stereocenters. The smallest absolute Gasteiger partial charge is 0.258 e. The average molecular weight is 418 g/mol. The summed E-state index contributed by atoms with van der Waals surface area (Å²) in [5.74, 6) is -2.59. The molecule has 0 radical (unpaired) electrons. The van der Waals surface area contributed by atoms with E-state index in [1.165, 1.54) is 42.5 Å². The Kier molecular flexibility index (Phi) is 4.86. The van der Waals surface area contributed by atoms with Crippen LogP contribution in [-0.2, 0) is 4.79 Å². The summed E-state index contributed by atoms with van der Waals surface area (Å²) in [4.78, 5) is 14.4. The topological polar surface area (TPSA) is 93.9 Å². The van der Waals surface area contributed by atoms with Gasteiger partial charge in [0.05, 0.1) is 29.2 Å². The molecule has 2 aliphatic rings. The van der Waals surface area contributed by atoms with Crippen LogP contribution < -0.4 is 5.73 Å². The number of nitriles is 2.